The van der Waals surface area contributed by atoms with Crippen molar-refractivity contribution in [2.24, 2.45) is 0 Å². The Bertz CT molecular complexity index is 386. The monoisotopic (exact) mass is 269 g/mol. The first-order chi connectivity index (χ1) is 7.29. The molecule has 0 aromatic heterocycles. The molecule has 0 N–H and O–H groups in total. The molecule has 0 heterocycles. The van der Waals surface area contributed by atoms with Crippen molar-refractivity contribution in [1.29, 1.82) is 0 Å². The van der Waals surface area contributed by atoms with Crippen molar-refractivity contribution >= 4 is 30.2 Å². The lowest BCUT2D eigenvalue weighted by atomic mass is 9.81. The van der Waals surface area contributed by atoms with Crippen molar-refractivity contribution in [2.75, 3.05) is 6.61 Å². The average molecular weight is 270 g/mol. The van der Waals surface area contributed by atoms with E-state index in [1.807, 2.05) is 0 Å². The Balaban J connectivity index is 2.65. The summed E-state index contributed by atoms with van der Waals surface area (Å²) in [5.74, 6) is 0.179. The van der Waals surface area contributed by atoms with Crippen molar-refractivity contribution in [1.82, 2.24) is 0 Å². The standard InChI is InChI=1S/C9H7BCl2F3O/c1-6(10(13,14)15)5-16-9-3-7(11)2-8(12)4-9/h2-4H,1,5H2/q-1. The summed E-state index contributed by atoms with van der Waals surface area (Å²) in [6.45, 7) is -2.80. The van der Waals surface area contributed by atoms with Crippen molar-refractivity contribution in [3.05, 3.63) is 40.3 Å². The van der Waals surface area contributed by atoms with Crippen LogP contribution in [0.2, 0.25) is 10.0 Å². The van der Waals surface area contributed by atoms with Crippen LogP contribution in [0.15, 0.2) is 30.3 Å². The second-order valence-electron chi connectivity index (χ2n) is 3.13. The Morgan fingerprint density at radius 2 is 1.69 bits per heavy atom. The van der Waals surface area contributed by atoms with Crippen LogP contribution in [0.3, 0.4) is 0 Å². The molecule has 0 spiro atoms. The molecule has 7 heteroatoms. The van der Waals surface area contributed by atoms with E-state index in [0.29, 0.717) is 10.0 Å². The Labute approximate surface area is 101 Å². The van der Waals surface area contributed by atoms with E-state index < -0.39 is 19.1 Å². The van der Waals surface area contributed by atoms with Crippen LogP contribution in [0, 0.1) is 0 Å². The first kappa shape index (κ1) is 13.3. The molecular formula is C9H7BCl2F3O-. The van der Waals surface area contributed by atoms with Gasteiger partial charge in [-0.15, -0.1) is 12.1 Å². The first-order valence-corrected chi connectivity index (χ1v) is 5.01. The number of hydrogen-bond acceptors (Lipinski definition) is 1. The topological polar surface area (TPSA) is 9.23 Å². The minimum Gasteiger partial charge on any atom is -0.492 e. The van der Waals surface area contributed by atoms with Crippen LogP contribution in [-0.2, 0) is 0 Å². The molecule has 0 aliphatic heterocycles. The molecule has 0 bridgehead atoms. The predicted octanol–water partition coefficient (Wildman–Crippen LogP) is 4.32. The number of halogens is 5. The van der Waals surface area contributed by atoms with Crippen LogP contribution in [-0.4, -0.2) is 13.6 Å². The van der Waals surface area contributed by atoms with E-state index >= 15 is 0 Å². The molecule has 16 heavy (non-hydrogen) atoms. The molecule has 0 saturated carbocycles. The summed E-state index contributed by atoms with van der Waals surface area (Å²) in [7, 11) is 0. The van der Waals surface area contributed by atoms with E-state index in [1.54, 1.807) is 0 Å². The van der Waals surface area contributed by atoms with Gasteiger partial charge in [0.15, 0.2) is 0 Å². The molecule has 0 aliphatic rings. The van der Waals surface area contributed by atoms with Gasteiger partial charge in [-0.25, -0.2) is 0 Å². The van der Waals surface area contributed by atoms with Gasteiger partial charge in [0, 0.05) is 10.0 Å². The fourth-order valence-electron chi connectivity index (χ4n) is 0.882. The first-order valence-electron chi connectivity index (χ1n) is 4.25. The van der Waals surface area contributed by atoms with Gasteiger partial charge in [-0.05, 0) is 18.2 Å². The highest BCUT2D eigenvalue weighted by atomic mass is 35.5. The second kappa shape index (κ2) is 5.02. The molecule has 1 rings (SSSR count). The zero-order valence-electron chi connectivity index (χ0n) is 8.02. The molecule has 0 atom stereocenters. The van der Waals surface area contributed by atoms with Gasteiger partial charge in [-0.3, -0.25) is 0 Å². The van der Waals surface area contributed by atoms with E-state index in [-0.39, 0.29) is 5.75 Å². The van der Waals surface area contributed by atoms with E-state index in [0.717, 1.165) is 0 Å². The van der Waals surface area contributed by atoms with Gasteiger partial charge in [0.25, 0.3) is 0 Å². The van der Waals surface area contributed by atoms with Crippen molar-refractivity contribution in [2.45, 2.75) is 0 Å². The molecule has 1 aromatic rings. The molecule has 0 radical (unpaired) electrons. The lowest BCUT2D eigenvalue weighted by molar-refractivity contribution is 0.347. The SMILES string of the molecule is C=C(COc1cc(Cl)cc(Cl)c1)[B-](F)(F)F. The van der Waals surface area contributed by atoms with Crippen LogP contribution in [0.25, 0.3) is 0 Å². The number of benzene rings is 1. The lowest BCUT2D eigenvalue weighted by Gasteiger charge is -2.18. The molecule has 0 amide bonds. The fraction of sp³-hybridized carbons (Fsp3) is 0.111. The molecule has 0 fully saturated rings. The van der Waals surface area contributed by atoms with Gasteiger partial charge in [-0.2, -0.15) is 0 Å². The molecule has 0 saturated heterocycles. The Morgan fingerprint density at radius 1 is 1.19 bits per heavy atom. The third kappa shape index (κ3) is 3.98. The number of ether oxygens (including phenoxy) is 1. The van der Waals surface area contributed by atoms with Crippen LogP contribution in [0.4, 0.5) is 12.9 Å². The van der Waals surface area contributed by atoms with Gasteiger partial charge in [-0.1, -0.05) is 23.2 Å². The maximum absolute atomic E-state index is 12.1. The zero-order chi connectivity index (χ0) is 12.3. The summed E-state index contributed by atoms with van der Waals surface area (Å²) >= 11 is 11.3. The summed E-state index contributed by atoms with van der Waals surface area (Å²) in [5.41, 5.74) is -0.906. The molecule has 1 nitrogen and oxygen atoms in total. The highest BCUT2D eigenvalue weighted by Crippen LogP contribution is 2.25. The number of hydrogen-bond donors (Lipinski definition) is 0. The predicted molar refractivity (Wildman–Crippen MR) is 60.2 cm³/mol. The largest absolute Gasteiger partial charge is 0.508 e. The summed E-state index contributed by atoms with van der Waals surface area (Å²) in [5, 5.41) is 0.594. The van der Waals surface area contributed by atoms with E-state index in [4.69, 9.17) is 27.9 Å². The lowest BCUT2D eigenvalue weighted by Crippen LogP contribution is -2.23. The van der Waals surface area contributed by atoms with Crippen molar-refractivity contribution < 1.29 is 17.7 Å². The van der Waals surface area contributed by atoms with Crippen LogP contribution in [0.5, 0.6) is 5.75 Å². The molecule has 1 aromatic carbocycles. The van der Waals surface area contributed by atoms with Gasteiger partial charge in [0.05, 0.1) is 6.61 Å². The Kier molecular flexibility index (Phi) is 4.16. The highest BCUT2D eigenvalue weighted by molar-refractivity contribution is 6.66. The Morgan fingerprint density at radius 3 is 2.12 bits per heavy atom. The minimum absolute atomic E-state index is 0.179. The van der Waals surface area contributed by atoms with Gasteiger partial charge >= 0.3 is 6.98 Å². The molecule has 0 unspecified atom stereocenters. The summed E-state index contributed by atoms with van der Waals surface area (Å²) in [6.07, 6.45) is 0. The fourth-order valence-corrected chi connectivity index (χ4v) is 1.39. The van der Waals surface area contributed by atoms with Crippen LogP contribution in [0.1, 0.15) is 0 Å². The van der Waals surface area contributed by atoms with Gasteiger partial charge < -0.3 is 17.7 Å². The third-order valence-corrected chi connectivity index (χ3v) is 2.16. The van der Waals surface area contributed by atoms with Gasteiger partial charge in [0.2, 0.25) is 0 Å². The smallest absolute Gasteiger partial charge is 0.492 e. The Hall–Kier alpha value is -0.805. The van der Waals surface area contributed by atoms with Crippen LogP contribution >= 0.6 is 23.2 Å². The highest BCUT2D eigenvalue weighted by Gasteiger charge is 2.26. The summed E-state index contributed by atoms with van der Waals surface area (Å²) in [4.78, 5) is 0. The van der Waals surface area contributed by atoms with E-state index in [9.17, 15) is 12.9 Å². The van der Waals surface area contributed by atoms with Crippen LogP contribution < -0.4 is 4.74 Å². The van der Waals surface area contributed by atoms with Crippen molar-refractivity contribution in [3.8, 4) is 5.75 Å². The zero-order valence-corrected chi connectivity index (χ0v) is 9.53. The molecule has 88 valence electrons. The maximum atomic E-state index is 12.1. The average Bonchev–Trinajstić information content (AvgIpc) is 2.11. The van der Waals surface area contributed by atoms with Crippen molar-refractivity contribution in [3.63, 3.8) is 0 Å². The third-order valence-electron chi connectivity index (χ3n) is 1.72. The summed E-state index contributed by atoms with van der Waals surface area (Å²) in [6, 6.07) is 4.21. The number of rotatable bonds is 4. The second-order valence-corrected chi connectivity index (χ2v) is 4.00. The van der Waals surface area contributed by atoms with Gasteiger partial charge in [0.1, 0.15) is 5.75 Å². The summed E-state index contributed by atoms with van der Waals surface area (Å²) < 4.78 is 41.3. The van der Waals surface area contributed by atoms with E-state index in [1.165, 1.54) is 18.2 Å². The molecular weight excluding hydrogens is 263 g/mol. The normalized spacial score (nSPS) is 11.3. The maximum Gasteiger partial charge on any atom is 0.508 e. The quantitative estimate of drug-likeness (QED) is 0.740. The minimum atomic E-state index is -5.07. The van der Waals surface area contributed by atoms with E-state index in [2.05, 4.69) is 6.58 Å². The molecule has 0 aliphatic carbocycles.